The number of aliphatic hydroxyl groups is 1. The molecule has 0 bridgehead atoms. The van der Waals surface area contributed by atoms with Crippen LogP contribution >= 0.6 is 11.8 Å². The molecule has 5 aromatic carbocycles. The Balaban J connectivity index is 1.58. The second-order valence-corrected chi connectivity index (χ2v) is 12.7. The zero-order valence-corrected chi connectivity index (χ0v) is 23.5. The van der Waals surface area contributed by atoms with E-state index in [2.05, 4.69) is 103 Å². The molecule has 0 saturated carbocycles. The Kier molecular flexibility index (Phi) is 5.45. The Hall–Kier alpha value is -3.31. The van der Waals surface area contributed by atoms with Crippen molar-refractivity contribution in [3.63, 3.8) is 0 Å². The summed E-state index contributed by atoms with van der Waals surface area (Å²) in [5, 5.41) is 13.2. The highest BCUT2D eigenvalue weighted by Crippen LogP contribution is 2.62. The first-order valence-corrected chi connectivity index (χ1v) is 14.3. The maximum Gasteiger partial charge on any atom is 0.331 e. The van der Waals surface area contributed by atoms with Gasteiger partial charge in [0, 0.05) is 9.79 Å². The second kappa shape index (κ2) is 8.60. The molecule has 2 aliphatic rings. The number of benzene rings is 5. The van der Waals surface area contributed by atoms with Crippen LogP contribution in [-0.4, -0.2) is 23.8 Å². The van der Waals surface area contributed by atoms with Crippen LogP contribution < -0.4 is 5.46 Å². The van der Waals surface area contributed by atoms with Gasteiger partial charge in [-0.15, -0.1) is 0 Å². The van der Waals surface area contributed by atoms with Gasteiger partial charge in [0.2, 0.25) is 0 Å². The van der Waals surface area contributed by atoms with E-state index in [9.17, 15) is 5.11 Å². The van der Waals surface area contributed by atoms with E-state index >= 15 is 0 Å². The van der Waals surface area contributed by atoms with E-state index in [1.165, 1.54) is 53.9 Å². The number of hydrogen-bond donors (Lipinski definition) is 1. The third kappa shape index (κ3) is 3.45. The lowest BCUT2D eigenvalue weighted by atomic mass is 9.66. The summed E-state index contributed by atoms with van der Waals surface area (Å²) < 4.78 is 6.37. The van der Waals surface area contributed by atoms with Gasteiger partial charge in [-0.3, -0.25) is 0 Å². The predicted molar refractivity (Wildman–Crippen MR) is 162 cm³/mol. The minimum absolute atomic E-state index is 0.442. The van der Waals surface area contributed by atoms with Crippen LogP contribution in [0, 0.1) is 0 Å². The van der Waals surface area contributed by atoms with E-state index in [0.717, 1.165) is 5.46 Å². The van der Waals surface area contributed by atoms with Crippen molar-refractivity contribution in [3.05, 3.63) is 125 Å². The minimum Gasteiger partial charge on any atom is -0.427 e. The highest BCUT2D eigenvalue weighted by molar-refractivity contribution is 7.99. The Morgan fingerprint density at radius 3 is 1.92 bits per heavy atom. The average molecular weight is 526 g/mol. The smallest absolute Gasteiger partial charge is 0.331 e. The molecule has 4 heteroatoms. The fourth-order valence-corrected chi connectivity index (χ4v) is 7.38. The van der Waals surface area contributed by atoms with Crippen LogP contribution in [0.1, 0.15) is 49.9 Å². The molecule has 0 amide bonds. The number of fused-ring (bicyclic) bond motifs is 11. The molecule has 191 valence electrons. The fraction of sp³-hybridized carbons (Fsp3) is 0.200. The van der Waals surface area contributed by atoms with Crippen LogP contribution in [0.3, 0.4) is 0 Å². The lowest BCUT2D eigenvalue weighted by molar-refractivity contribution is -0.0893. The molecule has 0 fully saturated rings. The van der Waals surface area contributed by atoms with Gasteiger partial charge in [-0.1, -0.05) is 103 Å². The monoisotopic (exact) mass is 525 g/mol. The molecule has 2 nitrogen and oxygen atoms in total. The summed E-state index contributed by atoms with van der Waals surface area (Å²) in [5.41, 5.74) is 6.48. The summed E-state index contributed by atoms with van der Waals surface area (Å²) in [5.74, 6) is 0. The Morgan fingerprint density at radius 2 is 1.23 bits per heavy atom. The van der Waals surface area contributed by atoms with E-state index in [1.807, 2.05) is 33.1 Å². The Morgan fingerprint density at radius 1 is 0.641 bits per heavy atom. The van der Waals surface area contributed by atoms with Gasteiger partial charge in [0.15, 0.2) is 0 Å². The first kappa shape index (κ1) is 24.7. The van der Waals surface area contributed by atoms with Gasteiger partial charge in [-0.25, -0.2) is 0 Å². The van der Waals surface area contributed by atoms with E-state index in [-0.39, 0.29) is 0 Å². The number of rotatable bonds is 4. The summed E-state index contributed by atoms with van der Waals surface area (Å²) in [7, 11) is 1.86. The van der Waals surface area contributed by atoms with Crippen molar-refractivity contribution in [2.24, 2.45) is 0 Å². The zero-order chi connectivity index (χ0) is 27.0. The first-order chi connectivity index (χ1) is 18.7. The van der Waals surface area contributed by atoms with Gasteiger partial charge in [0.1, 0.15) is 0 Å². The normalized spacial score (nSPS) is 15.0. The van der Waals surface area contributed by atoms with Crippen LogP contribution in [-0.2, 0) is 10.1 Å². The van der Waals surface area contributed by atoms with Crippen molar-refractivity contribution < 1.29 is 9.76 Å². The van der Waals surface area contributed by atoms with Gasteiger partial charge in [-0.2, -0.15) is 0 Å². The highest BCUT2D eigenvalue weighted by atomic mass is 32.2. The van der Waals surface area contributed by atoms with Crippen molar-refractivity contribution in [3.8, 4) is 11.1 Å². The molecule has 7 rings (SSSR count). The van der Waals surface area contributed by atoms with E-state index in [0.29, 0.717) is 0 Å². The molecule has 0 aromatic heterocycles. The molecular formula is C35H30BO2S. The second-order valence-electron chi connectivity index (χ2n) is 11.6. The zero-order valence-electron chi connectivity index (χ0n) is 22.7. The van der Waals surface area contributed by atoms with Crippen molar-refractivity contribution in [2.75, 3.05) is 0 Å². The highest BCUT2D eigenvalue weighted by Gasteiger charge is 2.51. The van der Waals surface area contributed by atoms with Crippen molar-refractivity contribution >= 4 is 35.5 Å². The maximum absolute atomic E-state index is 10.8. The molecule has 0 unspecified atom stereocenters. The maximum atomic E-state index is 10.8. The number of hydrogen-bond acceptors (Lipinski definition) is 3. The molecule has 39 heavy (non-hydrogen) atoms. The minimum atomic E-state index is -1.01. The van der Waals surface area contributed by atoms with Crippen molar-refractivity contribution in [1.29, 1.82) is 0 Å². The van der Waals surface area contributed by atoms with Crippen LogP contribution in [0.2, 0.25) is 0 Å². The quantitative estimate of drug-likeness (QED) is 0.242. The standard InChI is InChI=1S/C35H30BO2S/c1-33(2,37)34(3,4)38-36-28-17-11-16-26-32(28)31-23-13-6-5-12-22(23)20-21-27(31)35(26)24-14-7-9-18-29(24)39-30-19-10-8-15-25(30)35/h5-21,37H,1-4H3. The Labute approximate surface area is 235 Å². The topological polar surface area (TPSA) is 29.5 Å². The third-order valence-electron chi connectivity index (χ3n) is 8.84. The van der Waals surface area contributed by atoms with Crippen LogP contribution in [0.4, 0.5) is 0 Å². The van der Waals surface area contributed by atoms with Gasteiger partial charge in [-0.05, 0) is 89.4 Å². The van der Waals surface area contributed by atoms with E-state index in [4.69, 9.17) is 4.65 Å². The molecule has 1 heterocycles. The van der Waals surface area contributed by atoms with Gasteiger partial charge < -0.3 is 9.76 Å². The first-order valence-electron chi connectivity index (χ1n) is 13.5. The molecular weight excluding hydrogens is 495 g/mol. The molecule has 0 atom stereocenters. The lowest BCUT2D eigenvalue weighted by Crippen LogP contribution is -2.49. The largest absolute Gasteiger partial charge is 0.427 e. The fourth-order valence-electron chi connectivity index (χ4n) is 6.19. The SMILES string of the molecule is CC(C)(O)C(C)(C)O[B]c1cccc2c1-c1c(ccc3ccccc13)C21c2ccccc2Sc2ccccc21. The van der Waals surface area contributed by atoms with Gasteiger partial charge in [0.25, 0.3) is 0 Å². The van der Waals surface area contributed by atoms with Gasteiger partial charge >= 0.3 is 7.48 Å². The summed E-state index contributed by atoms with van der Waals surface area (Å²) >= 11 is 1.86. The Bertz CT molecular complexity index is 1720. The van der Waals surface area contributed by atoms with Crippen molar-refractivity contribution in [2.45, 2.75) is 54.1 Å². The molecule has 1 N–H and O–H groups in total. The molecule has 1 radical (unpaired) electrons. The van der Waals surface area contributed by atoms with Crippen molar-refractivity contribution in [1.82, 2.24) is 0 Å². The predicted octanol–water partition coefficient (Wildman–Crippen LogP) is 7.48. The molecule has 0 saturated heterocycles. The summed E-state index contributed by atoms with van der Waals surface area (Å²) in [6.07, 6.45) is 0. The third-order valence-corrected chi connectivity index (χ3v) is 9.99. The van der Waals surface area contributed by atoms with Crippen LogP contribution in [0.5, 0.6) is 0 Å². The molecule has 1 aliphatic carbocycles. The summed E-state index contributed by atoms with van der Waals surface area (Å²) in [6.45, 7) is 7.45. The molecule has 5 aromatic rings. The van der Waals surface area contributed by atoms with E-state index < -0.39 is 16.6 Å². The molecule has 1 spiro atoms. The summed E-state index contributed by atoms with van der Waals surface area (Å²) in [6, 6.07) is 37.6. The lowest BCUT2D eigenvalue weighted by Gasteiger charge is -2.39. The molecule has 1 aliphatic heterocycles. The van der Waals surface area contributed by atoms with E-state index in [1.54, 1.807) is 13.8 Å². The van der Waals surface area contributed by atoms with Crippen LogP contribution in [0.15, 0.2) is 113 Å². The van der Waals surface area contributed by atoms with Gasteiger partial charge in [0.05, 0.1) is 16.6 Å². The average Bonchev–Trinajstić information content (AvgIpc) is 3.23. The summed E-state index contributed by atoms with van der Waals surface area (Å²) in [4.78, 5) is 2.58. The van der Waals surface area contributed by atoms with Crippen LogP contribution in [0.25, 0.3) is 21.9 Å².